The van der Waals surface area contributed by atoms with E-state index < -0.39 is 5.60 Å². The summed E-state index contributed by atoms with van der Waals surface area (Å²) in [6.07, 6.45) is 4.38. The van der Waals surface area contributed by atoms with Crippen molar-refractivity contribution in [3.63, 3.8) is 0 Å². The first-order chi connectivity index (χ1) is 15.6. The summed E-state index contributed by atoms with van der Waals surface area (Å²) in [6, 6.07) is 11.3. The topological polar surface area (TPSA) is 44.8 Å². The van der Waals surface area contributed by atoms with Gasteiger partial charge >= 0.3 is 0 Å². The van der Waals surface area contributed by atoms with Gasteiger partial charge in [-0.05, 0) is 95.9 Å². The smallest absolute Gasteiger partial charge is 0.185 e. The zero-order chi connectivity index (χ0) is 25.7. The highest BCUT2D eigenvalue weighted by molar-refractivity contribution is 6.07. The summed E-state index contributed by atoms with van der Waals surface area (Å²) in [6.45, 7) is 21.3. The van der Waals surface area contributed by atoms with Crippen molar-refractivity contribution in [2.75, 3.05) is 6.61 Å². The van der Waals surface area contributed by atoms with Crippen molar-refractivity contribution >= 4 is 11.9 Å². The molecule has 4 nitrogen and oxygen atoms in total. The number of hydrogen-bond donors (Lipinski definition) is 0. The summed E-state index contributed by atoms with van der Waals surface area (Å²) >= 11 is 0. The maximum atomic E-state index is 12.9. The van der Waals surface area contributed by atoms with E-state index in [2.05, 4.69) is 33.8 Å². The minimum Gasteiger partial charge on any atom is -0.494 e. The average Bonchev–Trinajstić information content (AvgIpc) is 2.68. The molecule has 0 aromatic heterocycles. The monoisotopic (exact) mass is 466 g/mol. The number of rotatable bonds is 8. The number of ketones is 1. The fraction of sp³-hybridized carbons (Fsp3) is 0.500. The summed E-state index contributed by atoms with van der Waals surface area (Å²) in [5.74, 6) is 2.18. The van der Waals surface area contributed by atoms with Crippen molar-refractivity contribution in [2.24, 2.45) is 0 Å². The zero-order valence-corrected chi connectivity index (χ0v) is 22.7. The van der Waals surface area contributed by atoms with Gasteiger partial charge in [0, 0.05) is 22.8 Å². The third-order valence-corrected chi connectivity index (χ3v) is 4.78. The first-order valence-corrected chi connectivity index (χ1v) is 12.1. The van der Waals surface area contributed by atoms with Crippen LogP contribution in [0.3, 0.4) is 0 Å². The third-order valence-electron chi connectivity index (χ3n) is 4.78. The molecule has 2 aromatic carbocycles. The molecule has 0 aliphatic rings. The van der Waals surface area contributed by atoms with Crippen LogP contribution in [0.5, 0.6) is 17.2 Å². The number of benzene rings is 2. The van der Waals surface area contributed by atoms with Crippen LogP contribution in [0.15, 0.2) is 42.5 Å². The largest absolute Gasteiger partial charge is 0.494 e. The Morgan fingerprint density at radius 3 is 1.88 bits per heavy atom. The van der Waals surface area contributed by atoms with Crippen LogP contribution in [0.25, 0.3) is 6.08 Å². The number of hydrogen-bond acceptors (Lipinski definition) is 4. The zero-order valence-electron chi connectivity index (χ0n) is 22.7. The maximum absolute atomic E-state index is 12.9. The van der Waals surface area contributed by atoms with E-state index in [1.807, 2.05) is 65.8 Å². The second-order valence-corrected chi connectivity index (χ2v) is 11.6. The van der Waals surface area contributed by atoms with Crippen molar-refractivity contribution in [3.05, 3.63) is 59.2 Å². The van der Waals surface area contributed by atoms with Crippen LogP contribution in [-0.2, 0) is 5.41 Å². The second-order valence-electron chi connectivity index (χ2n) is 11.6. The molecule has 0 aliphatic carbocycles. The predicted octanol–water partition coefficient (Wildman–Crippen LogP) is 8.02. The normalized spacial score (nSPS) is 12.6. The van der Waals surface area contributed by atoms with Crippen LogP contribution in [0.4, 0.5) is 0 Å². The van der Waals surface area contributed by atoms with Gasteiger partial charge in [-0.15, -0.1) is 0 Å². The van der Waals surface area contributed by atoms with E-state index in [0.29, 0.717) is 17.9 Å². The lowest BCUT2D eigenvalue weighted by Gasteiger charge is -2.30. The molecule has 0 saturated heterocycles. The minimum absolute atomic E-state index is 0.0731. The van der Waals surface area contributed by atoms with Gasteiger partial charge in [-0.1, -0.05) is 27.7 Å². The van der Waals surface area contributed by atoms with Crippen LogP contribution in [-0.4, -0.2) is 23.6 Å². The van der Waals surface area contributed by atoms with Gasteiger partial charge in [-0.2, -0.15) is 0 Å². The molecule has 0 bridgehead atoms. The first-order valence-electron chi connectivity index (χ1n) is 12.1. The van der Waals surface area contributed by atoms with Gasteiger partial charge < -0.3 is 14.2 Å². The van der Waals surface area contributed by atoms with Crippen molar-refractivity contribution in [1.82, 2.24) is 0 Å². The Labute approximate surface area is 206 Å². The quantitative estimate of drug-likeness (QED) is 0.292. The van der Waals surface area contributed by atoms with Crippen molar-refractivity contribution in [1.29, 1.82) is 0 Å². The lowest BCUT2D eigenvalue weighted by molar-refractivity contribution is 0.104. The molecular weight excluding hydrogens is 424 g/mol. The van der Waals surface area contributed by atoms with Crippen LogP contribution in [0, 0.1) is 0 Å². The van der Waals surface area contributed by atoms with Crippen molar-refractivity contribution in [2.45, 2.75) is 92.3 Å². The Morgan fingerprint density at radius 2 is 1.38 bits per heavy atom. The van der Waals surface area contributed by atoms with E-state index in [-0.39, 0.29) is 16.8 Å². The number of carbonyl (C=O) groups excluding carboxylic acids is 1. The van der Waals surface area contributed by atoms with E-state index in [0.717, 1.165) is 29.0 Å². The summed E-state index contributed by atoms with van der Waals surface area (Å²) in [5.41, 5.74) is 1.62. The Morgan fingerprint density at radius 1 is 0.824 bits per heavy atom. The van der Waals surface area contributed by atoms with E-state index in [1.165, 1.54) is 0 Å². The summed E-state index contributed by atoms with van der Waals surface area (Å²) < 4.78 is 18.2. The van der Waals surface area contributed by atoms with Gasteiger partial charge in [0.2, 0.25) is 0 Å². The molecule has 2 aromatic rings. The molecule has 0 aliphatic heterocycles. The number of allylic oxidation sites excluding steroid dienone is 1. The molecule has 34 heavy (non-hydrogen) atoms. The van der Waals surface area contributed by atoms with Gasteiger partial charge in [0.15, 0.2) is 5.78 Å². The Balaban J connectivity index is 2.46. The van der Waals surface area contributed by atoms with Gasteiger partial charge in [0.1, 0.15) is 28.5 Å². The predicted molar refractivity (Wildman–Crippen MR) is 141 cm³/mol. The summed E-state index contributed by atoms with van der Waals surface area (Å²) in [5, 5.41) is 0. The van der Waals surface area contributed by atoms with E-state index in [1.54, 1.807) is 18.2 Å². The van der Waals surface area contributed by atoms with Gasteiger partial charge in [0.25, 0.3) is 0 Å². The fourth-order valence-electron chi connectivity index (χ4n) is 3.32. The van der Waals surface area contributed by atoms with Crippen molar-refractivity contribution in [3.8, 4) is 17.2 Å². The highest BCUT2D eigenvalue weighted by Crippen LogP contribution is 2.40. The molecule has 2 rings (SSSR count). The Bertz CT molecular complexity index is 994. The molecule has 0 N–H and O–H groups in total. The van der Waals surface area contributed by atoms with Crippen LogP contribution < -0.4 is 14.2 Å². The van der Waals surface area contributed by atoms with Gasteiger partial charge in [-0.25, -0.2) is 0 Å². The molecule has 0 atom stereocenters. The Kier molecular flexibility index (Phi) is 8.63. The molecule has 0 radical (unpaired) electrons. The fourth-order valence-corrected chi connectivity index (χ4v) is 3.32. The number of carbonyl (C=O) groups is 1. The maximum Gasteiger partial charge on any atom is 0.185 e. The molecule has 0 fully saturated rings. The van der Waals surface area contributed by atoms with Crippen LogP contribution in [0.2, 0.25) is 0 Å². The summed E-state index contributed by atoms with van der Waals surface area (Å²) in [4.78, 5) is 12.9. The molecule has 0 spiro atoms. The molecule has 4 heteroatoms. The highest BCUT2D eigenvalue weighted by atomic mass is 16.5. The lowest BCUT2D eigenvalue weighted by Crippen LogP contribution is -2.27. The highest BCUT2D eigenvalue weighted by Gasteiger charge is 2.26. The van der Waals surface area contributed by atoms with Crippen LogP contribution >= 0.6 is 0 Å². The van der Waals surface area contributed by atoms with E-state index in [9.17, 15) is 4.79 Å². The van der Waals surface area contributed by atoms with Gasteiger partial charge in [-0.3, -0.25) is 4.79 Å². The van der Waals surface area contributed by atoms with E-state index in [4.69, 9.17) is 14.2 Å². The minimum atomic E-state index is -0.400. The average molecular weight is 467 g/mol. The summed E-state index contributed by atoms with van der Waals surface area (Å²) in [7, 11) is 0. The molecule has 0 saturated carbocycles. The van der Waals surface area contributed by atoms with Crippen molar-refractivity contribution < 1.29 is 19.0 Å². The lowest BCUT2D eigenvalue weighted by atomic mass is 9.85. The van der Waals surface area contributed by atoms with Crippen LogP contribution in [0.1, 0.15) is 97.1 Å². The second kappa shape index (κ2) is 10.7. The molecule has 186 valence electrons. The standard InChI is InChI=1S/C30H42O4/c1-11-18-32-23-15-12-21(13-16-23)25(31)17-14-22-19-24(28(2,3)4)27(34-30(8,9)10)20-26(22)33-29(5,6)7/h12-17,19-20H,11,18H2,1-10H3/b17-14-. The van der Waals surface area contributed by atoms with E-state index >= 15 is 0 Å². The Hall–Kier alpha value is -2.75. The molecule has 0 amide bonds. The molecular formula is C30H42O4. The molecule has 0 unspecified atom stereocenters. The molecule has 0 heterocycles. The number of ether oxygens (including phenoxy) is 3. The first kappa shape index (κ1) is 27.5. The SMILES string of the molecule is CCCOc1ccc(C(=O)/C=C\c2cc(C(C)(C)C)c(OC(C)(C)C)cc2OC(C)(C)C)cc1. The third kappa shape index (κ3) is 8.55. The van der Waals surface area contributed by atoms with Gasteiger partial charge in [0.05, 0.1) is 6.61 Å².